The minimum Gasteiger partial charge on any atom is -0.376 e. The summed E-state index contributed by atoms with van der Waals surface area (Å²) < 4.78 is 33.6. The van der Waals surface area contributed by atoms with E-state index in [0.717, 1.165) is 60.3 Å². The number of amides is 1. The molecule has 0 unspecified atom stereocenters. The summed E-state index contributed by atoms with van der Waals surface area (Å²) in [7, 11) is -3.89. The first-order valence-electron chi connectivity index (χ1n) is 11.3. The van der Waals surface area contributed by atoms with Crippen molar-refractivity contribution in [2.75, 3.05) is 13.2 Å². The Balaban J connectivity index is 1.41. The van der Waals surface area contributed by atoms with Gasteiger partial charge in [0.05, 0.1) is 22.2 Å². The van der Waals surface area contributed by atoms with Gasteiger partial charge >= 0.3 is 0 Å². The van der Waals surface area contributed by atoms with Crippen LogP contribution in [-0.2, 0) is 14.8 Å². The summed E-state index contributed by atoms with van der Waals surface area (Å²) in [4.78, 5) is 12.5. The van der Waals surface area contributed by atoms with Crippen LogP contribution in [0.5, 0.6) is 0 Å². The first-order chi connectivity index (χ1) is 15.5. The van der Waals surface area contributed by atoms with Crippen LogP contribution in [0.2, 0.25) is 0 Å². The fourth-order valence-corrected chi connectivity index (χ4v) is 6.03. The molecule has 2 aliphatic rings. The fraction of sp³-hybridized carbons (Fsp3) is 0.417. The highest BCUT2D eigenvalue weighted by Gasteiger charge is 2.28. The summed E-state index contributed by atoms with van der Waals surface area (Å²) in [5, 5.41) is 8.34. The first kappa shape index (κ1) is 21.2. The van der Waals surface area contributed by atoms with Crippen LogP contribution in [-0.4, -0.2) is 42.8 Å². The molecule has 1 atom stereocenters. The molecule has 0 spiro atoms. The Kier molecular flexibility index (Phi) is 5.73. The lowest BCUT2D eigenvalue weighted by Crippen LogP contribution is -2.31. The third kappa shape index (κ3) is 3.93. The Morgan fingerprint density at radius 2 is 1.78 bits per heavy atom. The molecule has 1 saturated heterocycles. The maximum atomic E-state index is 13.4. The molecule has 1 aliphatic carbocycles. The Labute approximate surface area is 187 Å². The van der Waals surface area contributed by atoms with Crippen molar-refractivity contribution < 1.29 is 17.9 Å². The van der Waals surface area contributed by atoms with Gasteiger partial charge in [0.25, 0.3) is 15.9 Å². The monoisotopic (exact) mass is 453 g/mol. The average Bonchev–Trinajstić information content (AvgIpc) is 3.58. The van der Waals surface area contributed by atoms with Gasteiger partial charge in [0.1, 0.15) is 0 Å². The minimum absolute atomic E-state index is 0.0563. The SMILES string of the molecule is O=C(NC[C@H]1CCCO1)c1ccc(S(=O)(=O)n2nc(C3CCCC3)c3ccccc32)cc1. The molecule has 1 N–H and O–H groups in total. The van der Waals surface area contributed by atoms with Crippen LogP contribution in [0.25, 0.3) is 10.9 Å². The highest BCUT2D eigenvalue weighted by atomic mass is 32.2. The van der Waals surface area contributed by atoms with Crippen molar-refractivity contribution in [3.63, 3.8) is 0 Å². The Hall–Kier alpha value is -2.71. The normalized spacial score (nSPS) is 19.6. The van der Waals surface area contributed by atoms with E-state index < -0.39 is 10.0 Å². The predicted molar refractivity (Wildman–Crippen MR) is 121 cm³/mol. The number of carbonyl (C=O) groups is 1. The lowest BCUT2D eigenvalue weighted by Gasteiger charge is -2.11. The van der Waals surface area contributed by atoms with Gasteiger partial charge in [0, 0.05) is 30.0 Å². The molecule has 7 nitrogen and oxygen atoms in total. The second-order valence-electron chi connectivity index (χ2n) is 8.60. The second kappa shape index (κ2) is 8.67. The van der Waals surface area contributed by atoms with Crippen molar-refractivity contribution in [1.82, 2.24) is 14.5 Å². The number of nitrogens with zero attached hydrogens (tertiary/aromatic N) is 2. The van der Waals surface area contributed by atoms with Crippen LogP contribution in [0.1, 0.15) is 60.5 Å². The van der Waals surface area contributed by atoms with E-state index in [0.29, 0.717) is 23.5 Å². The molecule has 8 heteroatoms. The van der Waals surface area contributed by atoms with E-state index in [-0.39, 0.29) is 16.9 Å². The summed E-state index contributed by atoms with van der Waals surface area (Å²) in [5.41, 5.74) is 1.87. The lowest BCUT2D eigenvalue weighted by molar-refractivity contribution is 0.0857. The molecule has 1 saturated carbocycles. The number of rotatable bonds is 6. The van der Waals surface area contributed by atoms with E-state index in [1.807, 2.05) is 18.2 Å². The summed E-state index contributed by atoms with van der Waals surface area (Å²) in [6.07, 6.45) is 6.38. The zero-order valence-corrected chi connectivity index (χ0v) is 18.7. The lowest BCUT2D eigenvalue weighted by atomic mass is 10.0. The number of para-hydroxylation sites is 1. The standard InChI is InChI=1S/C24H27N3O4S/c28-24(25-16-19-8-5-15-31-19)18-11-13-20(14-12-18)32(29,30)27-22-10-4-3-9-21(22)23(26-27)17-6-1-2-7-17/h3-4,9-14,17,19H,1-2,5-8,15-16H2,(H,25,28)/t19-/m1/s1. The molecule has 2 fully saturated rings. The van der Waals surface area contributed by atoms with Gasteiger partial charge in [-0.25, -0.2) is 0 Å². The third-order valence-corrected chi connectivity index (χ3v) is 8.08. The largest absolute Gasteiger partial charge is 0.376 e. The number of hydrogen-bond donors (Lipinski definition) is 1. The van der Waals surface area contributed by atoms with Crippen LogP contribution in [0.3, 0.4) is 0 Å². The maximum absolute atomic E-state index is 13.4. The first-order valence-corrected chi connectivity index (χ1v) is 12.7. The molecule has 2 aromatic carbocycles. The van der Waals surface area contributed by atoms with Crippen molar-refractivity contribution in [1.29, 1.82) is 0 Å². The van der Waals surface area contributed by atoms with Crippen molar-refractivity contribution in [3.8, 4) is 0 Å². The molecule has 1 aliphatic heterocycles. The number of carbonyl (C=O) groups excluding carboxylic acids is 1. The summed E-state index contributed by atoms with van der Waals surface area (Å²) in [6.45, 7) is 1.19. The highest BCUT2D eigenvalue weighted by molar-refractivity contribution is 7.90. The van der Waals surface area contributed by atoms with Gasteiger partial charge in [0.2, 0.25) is 0 Å². The molecule has 0 bridgehead atoms. The smallest absolute Gasteiger partial charge is 0.283 e. The maximum Gasteiger partial charge on any atom is 0.283 e. The van der Waals surface area contributed by atoms with Crippen molar-refractivity contribution in [2.24, 2.45) is 0 Å². The van der Waals surface area contributed by atoms with Gasteiger partial charge < -0.3 is 10.1 Å². The van der Waals surface area contributed by atoms with Crippen molar-refractivity contribution >= 4 is 26.8 Å². The quantitative estimate of drug-likeness (QED) is 0.612. The number of aromatic nitrogens is 2. The molecule has 32 heavy (non-hydrogen) atoms. The average molecular weight is 454 g/mol. The van der Waals surface area contributed by atoms with Gasteiger partial charge in [-0.2, -0.15) is 17.6 Å². The van der Waals surface area contributed by atoms with E-state index in [1.165, 1.54) is 12.1 Å². The summed E-state index contributed by atoms with van der Waals surface area (Å²) in [5.74, 6) is 0.0591. The number of nitrogens with one attached hydrogen (secondary N) is 1. The molecular formula is C24H27N3O4S. The van der Waals surface area contributed by atoms with Crippen LogP contribution in [0, 0.1) is 0 Å². The van der Waals surface area contributed by atoms with E-state index in [1.54, 1.807) is 18.2 Å². The van der Waals surface area contributed by atoms with Crippen LogP contribution < -0.4 is 5.32 Å². The minimum atomic E-state index is -3.89. The van der Waals surface area contributed by atoms with Crippen molar-refractivity contribution in [3.05, 3.63) is 59.8 Å². The van der Waals surface area contributed by atoms with Gasteiger partial charge in [-0.1, -0.05) is 31.0 Å². The van der Waals surface area contributed by atoms with Crippen LogP contribution >= 0.6 is 0 Å². The zero-order valence-electron chi connectivity index (χ0n) is 17.9. The van der Waals surface area contributed by atoms with Gasteiger partial charge in [-0.05, 0) is 56.0 Å². The third-order valence-electron chi connectivity index (χ3n) is 6.48. The van der Waals surface area contributed by atoms with Gasteiger partial charge in [0.15, 0.2) is 0 Å². The Morgan fingerprint density at radius 1 is 1.03 bits per heavy atom. The zero-order chi connectivity index (χ0) is 22.1. The van der Waals surface area contributed by atoms with Crippen LogP contribution in [0.4, 0.5) is 0 Å². The topological polar surface area (TPSA) is 90.3 Å². The molecule has 2 heterocycles. The molecule has 1 amide bonds. The molecule has 0 radical (unpaired) electrons. The highest BCUT2D eigenvalue weighted by Crippen LogP contribution is 2.37. The fourth-order valence-electron chi connectivity index (χ4n) is 4.74. The van der Waals surface area contributed by atoms with Gasteiger partial charge in [-0.3, -0.25) is 4.79 Å². The van der Waals surface area contributed by atoms with E-state index in [2.05, 4.69) is 10.4 Å². The number of fused-ring (bicyclic) bond motifs is 1. The molecular weight excluding hydrogens is 426 g/mol. The second-order valence-corrected chi connectivity index (χ2v) is 10.4. The molecule has 168 valence electrons. The van der Waals surface area contributed by atoms with Crippen molar-refractivity contribution in [2.45, 2.75) is 55.4 Å². The van der Waals surface area contributed by atoms with Crippen LogP contribution in [0.15, 0.2) is 53.4 Å². The number of ether oxygens (including phenoxy) is 1. The summed E-state index contributed by atoms with van der Waals surface area (Å²) >= 11 is 0. The summed E-state index contributed by atoms with van der Waals surface area (Å²) in [6, 6.07) is 13.5. The van der Waals surface area contributed by atoms with E-state index in [4.69, 9.17) is 4.74 Å². The number of benzene rings is 2. The Bertz CT molecular complexity index is 1220. The Morgan fingerprint density at radius 3 is 2.50 bits per heavy atom. The molecule has 5 rings (SSSR count). The number of hydrogen-bond acceptors (Lipinski definition) is 5. The molecule has 1 aromatic heterocycles. The van der Waals surface area contributed by atoms with E-state index in [9.17, 15) is 13.2 Å². The van der Waals surface area contributed by atoms with E-state index >= 15 is 0 Å². The van der Waals surface area contributed by atoms with Gasteiger partial charge in [-0.15, -0.1) is 0 Å². The predicted octanol–water partition coefficient (Wildman–Crippen LogP) is 3.84. The molecule has 3 aromatic rings.